The lowest BCUT2D eigenvalue weighted by Gasteiger charge is -2.11. The van der Waals surface area contributed by atoms with Gasteiger partial charge in [0, 0.05) is 12.5 Å². The first kappa shape index (κ1) is 10.5. The zero-order valence-corrected chi connectivity index (χ0v) is 8.42. The van der Waals surface area contributed by atoms with Crippen molar-refractivity contribution in [2.45, 2.75) is 39.2 Å². The van der Waals surface area contributed by atoms with E-state index in [1.165, 1.54) is 0 Å². The highest BCUT2D eigenvalue weighted by molar-refractivity contribution is 5.78. The monoisotopic (exact) mass is 185 g/mol. The van der Waals surface area contributed by atoms with Gasteiger partial charge in [0.15, 0.2) is 0 Å². The van der Waals surface area contributed by atoms with Gasteiger partial charge >= 0.3 is 0 Å². The normalized spacial score (nSPS) is 28.0. The van der Waals surface area contributed by atoms with Gasteiger partial charge in [0.25, 0.3) is 0 Å². The van der Waals surface area contributed by atoms with Gasteiger partial charge in [-0.2, -0.15) is 0 Å². The Morgan fingerprint density at radius 1 is 1.54 bits per heavy atom. The molecule has 3 heteroatoms. The van der Waals surface area contributed by atoms with Crippen molar-refractivity contribution < 1.29 is 9.90 Å². The number of hydrogen-bond acceptors (Lipinski definition) is 2. The van der Waals surface area contributed by atoms with Crippen molar-refractivity contribution in [3.63, 3.8) is 0 Å². The standard InChI is InChI=1S/C10H19NO2/c1-7(2)6-11-10(13)8-3-4-9(12)5-8/h7-9,12H,3-6H2,1-2H3,(H,11,13). The third-order valence-corrected chi connectivity index (χ3v) is 2.46. The van der Waals surface area contributed by atoms with E-state index in [4.69, 9.17) is 0 Å². The van der Waals surface area contributed by atoms with Crippen LogP contribution >= 0.6 is 0 Å². The minimum atomic E-state index is -0.255. The van der Waals surface area contributed by atoms with Crippen molar-refractivity contribution in [1.29, 1.82) is 0 Å². The van der Waals surface area contributed by atoms with E-state index >= 15 is 0 Å². The fourth-order valence-corrected chi connectivity index (χ4v) is 1.64. The second kappa shape index (κ2) is 4.61. The van der Waals surface area contributed by atoms with Crippen LogP contribution in [0.5, 0.6) is 0 Å². The molecule has 0 aromatic heterocycles. The lowest BCUT2D eigenvalue weighted by atomic mass is 10.1. The Morgan fingerprint density at radius 2 is 2.23 bits per heavy atom. The molecule has 0 aromatic rings. The van der Waals surface area contributed by atoms with Crippen molar-refractivity contribution in [2.24, 2.45) is 11.8 Å². The minimum Gasteiger partial charge on any atom is -0.393 e. The molecule has 0 bridgehead atoms. The topological polar surface area (TPSA) is 49.3 Å². The quantitative estimate of drug-likeness (QED) is 0.687. The highest BCUT2D eigenvalue weighted by Crippen LogP contribution is 2.25. The Labute approximate surface area is 79.5 Å². The molecule has 13 heavy (non-hydrogen) atoms. The average Bonchev–Trinajstić information content (AvgIpc) is 2.47. The van der Waals surface area contributed by atoms with Gasteiger partial charge in [0.2, 0.25) is 5.91 Å². The Kier molecular flexibility index (Phi) is 3.72. The Bertz CT molecular complexity index is 180. The first-order valence-electron chi connectivity index (χ1n) is 5.05. The number of hydrogen-bond donors (Lipinski definition) is 2. The summed E-state index contributed by atoms with van der Waals surface area (Å²) in [6.45, 7) is 4.89. The van der Waals surface area contributed by atoms with Gasteiger partial charge in [-0.05, 0) is 25.2 Å². The zero-order valence-electron chi connectivity index (χ0n) is 8.42. The maximum absolute atomic E-state index is 11.5. The highest BCUT2D eigenvalue weighted by atomic mass is 16.3. The maximum Gasteiger partial charge on any atom is 0.223 e. The molecule has 1 saturated carbocycles. The molecule has 1 aliphatic rings. The van der Waals surface area contributed by atoms with Crippen LogP contribution in [0.15, 0.2) is 0 Å². The molecule has 1 fully saturated rings. The largest absolute Gasteiger partial charge is 0.393 e. The van der Waals surface area contributed by atoms with Gasteiger partial charge in [-0.1, -0.05) is 13.8 Å². The molecular weight excluding hydrogens is 166 g/mol. The van der Waals surface area contributed by atoms with Crippen molar-refractivity contribution in [1.82, 2.24) is 5.32 Å². The summed E-state index contributed by atoms with van der Waals surface area (Å²) >= 11 is 0. The van der Waals surface area contributed by atoms with Gasteiger partial charge < -0.3 is 10.4 Å². The highest BCUT2D eigenvalue weighted by Gasteiger charge is 2.28. The van der Waals surface area contributed by atoms with Crippen LogP contribution in [0.2, 0.25) is 0 Å². The number of aliphatic hydroxyl groups excluding tert-OH is 1. The molecule has 2 atom stereocenters. The third kappa shape index (κ3) is 3.35. The molecule has 1 amide bonds. The van der Waals surface area contributed by atoms with Crippen LogP contribution in [0.25, 0.3) is 0 Å². The van der Waals surface area contributed by atoms with Crippen LogP contribution < -0.4 is 5.32 Å². The van der Waals surface area contributed by atoms with E-state index in [9.17, 15) is 9.90 Å². The summed E-state index contributed by atoms with van der Waals surface area (Å²) in [6.07, 6.45) is 2.00. The molecule has 1 aliphatic carbocycles. The molecule has 0 radical (unpaired) electrons. The first-order chi connectivity index (χ1) is 6.09. The number of rotatable bonds is 3. The second-order valence-corrected chi connectivity index (χ2v) is 4.30. The van der Waals surface area contributed by atoms with E-state index in [0.29, 0.717) is 12.3 Å². The summed E-state index contributed by atoms with van der Waals surface area (Å²) in [5.74, 6) is 0.661. The average molecular weight is 185 g/mol. The Balaban J connectivity index is 2.24. The number of nitrogens with one attached hydrogen (secondary N) is 1. The van der Waals surface area contributed by atoms with Gasteiger partial charge in [0.1, 0.15) is 0 Å². The van der Waals surface area contributed by atoms with Gasteiger partial charge in [0.05, 0.1) is 6.10 Å². The van der Waals surface area contributed by atoms with Crippen LogP contribution in [-0.4, -0.2) is 23.7 Å². The van der Waals surface area contributed by atoms with Gasteiger partial charge in [-0.25, -0.2) is 0 Å². The summed E-state index contributed by atoms with van der Waals surface area (Å²) in [4.78, 5) is 11.5. The predicted molar refractivity (Wildman–Crippen MR) is 51.2 cm³/mol. The number of aliphatic hydroxyl groups is 1. The van der Waals surface area contributed by atoms with Crippen LogP contribution in [0.1, 0.15) is 33.1 Å². The molecule has 2 unspecified atom stereocenters. The predicted octanol–water partition coefficient (Wildman–Crippen LogP) is 0.920. The summed E-state index contributed by atoms with van der Waals surface area (Å²) in [5.41, 5.74) is 0. The summed E-state index contributed by atoms with van der Waals surface area (Å²) < 4.78 is 0. The van der Waals surface area contributed by atoms with Crippen molar-refractivity contribution in [3.8, 4) is 0 Å². The zero-order chi connectivity index (χ0) is 9.84. The maximum atomic E-state index is 11.5. The summed E-state index contributed by atoms with van der Waals surface area (Å²) in [7, 11) is 0. The first-order valence-corrected chi connectivity index (χ1v) is 5.05. The van der Waals surface area contributed by atoms with E-state index in [0.717, 1.165) is 19.4 Å². The fraction of sp³-hybridized carbons (Fsp3) is 0.900. The molecule has 2 N–H and O–H groups in total. The molecule has 0 aliphatic heterocycles. The molecule has 76 valence electrons. The van der Waals surface area contributed by atoms with Crippen LogP contribution in [0.3, 0.4) is 0 Å². The van der Waals surface area contributed by atoms with Crippen LogP contribution in [0.4, 0.5) is 0 Å². The molecule has 0 aromatic carbocycles. The SMILES string of the molecule is CC(C)CNC(=O)C1CCC(O)C1. The molecule has 1 rings (SSSR count). The lowest BCUT2D eigenvalue weighted by molar-refractivity contribution is -0.125. The fourth-order valence-electron chi connectivity index (χ4n) is 1.64. The third-order valence-electron chi connectivity index (χ3n) is 2.46. The van der Waals surface area contributed by atoms with Gasteiger partial charge in [-0.3, -0.25) is 4.79 Å². The number of carbonyl (C=O) groups is 1. The molecule has 3 nitrogen and oxygen atoms in total. The van der Waals surface area contributed by atoms with E-state index in [2.05, 4.69) is 19.2 Å². The van der Waals surface area contributed by atoms with E-state index in [1.54, 1.807) is 0 Å². The smallest absolute Gasteiger partial charge is 0.223 e. The van der Waals surface area contributed by atoms with Crippen molar-refractivity contribution in [2.75, 3.05) is 6.54 Å². The number of amides is 1. The Hall–Kier alpha value is -0.570. The van der Waals surface area contributed by atoms with Crippen LogP contribution in [0, 0.1) is 11.8 Å². The van der Waals surface area contributed by atoms with Gasteiger partial charge in [-0.15, -0.1) is 0 Å². The lowest BCUT2D eigenvalue weighted by Crippen LogP contribution is -2.32. The minimum absolute atomic E-state index is 0.0498. The molecule has 0 heterocycles. The van der Waals surface area contributed by atoms with Crippen molar-refractivity contribution >= 4 is 5.91 Å². The molecule has 0 spiro atoms. The molecule has 0 saturated heterocycles. The summed E-state index contributed by atoms with van der Waals surface area (Å²) in [5, 5.41) is 12.1. The summed E-state index contributed by atoms with van der Waals surface area (Å²) in [6, 6.07) is 0. The Morgan fingerprint density at radius 3 is 2.69 bits per heavy atom. The second-order valence-electron chi connectivity index (χ2n) is 4.30. The van der Waals surface area contributed by atoms with E-state index in [1.807, 2.05) is 0 Å². The van der Waals surface area contributed by atoms with E-state index < -0.39 is 0 Å². The van der Waals surface area contributed by atoms with E-state index in [-0.39, 0.29) is 17.9 Å². The van der Waals surface area contributed by atoms with Crippen LogP contribution in [-0.2, 0) is 4.79 Å². The molecular formula is C10H19NO2. The van der Waals surface area contributed by atoms with Crippen molar-refractivity contribution in [3.05, 3.63) is 0 Å². The number of carbonyl (C=O) groups excluding carboxylic acids is 1.